The van der Waals surface area contributed by atoms with Crippen LogP contribution < -0.4 is 0 Å². The third-order valence-corrected chi connectivity index (χ3v) is 2.49. The van der Waals surface area contributed by atoms with E-state index in [1.807, 2.05) is 12.1 Å². The minimum absolute atomic E-state index is 0.269. The van der Waals surface area contributed by atoms with E-state index in [-0.39, 0.29) is 6.42 Å². The van der Waals surface area contributed by atoms with Crippen molar-refractivity contribution in [3.63, 3.8) is 0 Å². The van der Waals surface area contributed by atoms with Gasteiger partial charge in [0.2, 0.25) is 0 Å². The minimum Gasteiger partial charge on any atom is -0.197 e. The van der Waals surface area contributed by atoms with Crippen LogP contribution >= 0.6 is 23.2 Å². The fourth-order valence-corrected chi connectivity index (χ4v) is 1.60. The maximum absolute atomic E-state index is 8.61. The lowest BCUT2D eigenvalue weighted by molar-refractivity contribution is 0.834. The molecule has 2 nitrogen and oxygen atoms in total. The fraction of sp³-hybridized carbons (Fsp3) is 0.200. The van der Waals surface area contributed by atoms with Crippen molar-refractivity contribution in [2.75, 3.05) is 0 Å². The number of hydrogen-bond donors (Lipinski definition) is 0. The monoisotopic (exact) mass is 224 g/mol. The Balaban J connectivity index is 2.99. The largest absolute Gasteiger partial charge is 0.197 e. The molecule has 4 heteroatoms. The van der Waals surface area contributed by atoms with Crippen molar-refractivity contribution in [2.24, 2.45) is 5.92 Å². The molecule has 0 spiro atoms. The molecular weight excluding hydrogens is 219 g/mol. The fourth-order valence-electron chi connectivity index (χ4n) is 1.05. The van der Waals surface area contributed by atoms with E-state index in [0.717, 1.165) is 0 Å². The lowest BCUT2D eigenvalue weighted by Crippen LogP contribution is -1.99. The van der Waals surface area contributed by atoms with E-state index in [2.05, 4.69) is 0 Å². The zero-order valence-corrected chi connectivity index (χ0v) is 8.68. The van der Waals surface area contributed by atoms with Crippen LogP contribution in [-0.4, -0.2) is 0 Å². The van der Waals surface area contributed by atoms with Gasteiger partial charge < -0.3 is 0 Å². The van der Waals surface area contributed by atoms with E-state index < -0.39 is 5.92 Å². The summed E-state index contributed by atoms with van der Waals surface area (Å²) >= 11 is 11.8. The second kappa shape index (κ2) is 4.86. The molecule has 0 bridgehead atoms. The molecule has 14 heavy (non-hydrogen) atoms. The molecule has 0 fully saturated rings. The van der Waals surface area contributed by atoms with Crippen LogP contribution in [0.15, 0.2) is 18.2 Å². The maximum Gasteiger partial charge on any atom is 0.137 e. The molecule has 0 amide bonds. The van der Waals surface area contributed by atoms with Gasteiger partial charge in [-0.25, -0.2) is 0 Å². The summed E-state index contributed by atoms with van der Waals surface area (Å²) in [6.45, 7) is 0. The van der Waals surface area contributed by atoms with Crippen LogP contribution in [0, 0.1) is 28.6 Å². The molecule has 0 radical (unpaired) electrons. The summed E-state index contributed by atoms with van der Waals surface area (Å²) in [4.78, 5) is 0. The first-order chi connectivity index (χ1) is 6.69. The maximum atomic E-state index is 8.61. The zero-order valence-electron chi connectivity index (χ0n) is 7.17. The van der Waals surface area contributed by atoms with Crippen LogP contribution in [0.1, 0.15) is 5.56 Å². The molecule has 1 aromatic rings. The number of nitrogens with zero attached hydrogens (tertiary/aromatic N) is 2. The van der Waals surface area contributed by atoms with E-state index in [4.69, 9.17) is 33.7 Å². The summed E-state index contributed by atoms with van der Waals surface area (Å²) in [6, 6.07) is 8.85. The van der Waals surface area contributed by atoms with E-state index in [1.165, 1.54) is 0 Å². The van der Waals surface area contributed by atoms with Gasteiger partial charge in [-0.15, -0.1) is 0 Å². The van der Waals surface area contributed by atoms with E-state index in [9.17, 15) is 0 Å². The number of rotatable bonds is 2. The highest BCUT2D eigenvalue weighted by atomic mass is 35.5. The Morgan fingerprint density at radius 3 is 2.07 bits per heavy atom. The molecule has 0 aliphatic rings. The van der Waals surface area contributed by atoms with Crippen LogP contribution in [-0.2, 0) is 6.42 Å². The molecule has 70 valence electrons. The highest BCUT2D eigenvalue weighted by Crippen LogP contribution is 2.26. The van der Waals surface area contributed by atoms with Crippen molar-refractivity contribution >= 4 is 23.2 Å². The Labute approximate surface area is 92.3 Å². The van der Waals surface area contributed by atoms with Gasteiger partial charge in [-0.1, -0.05) is 29.3 Å². The first kappa shape index (κ1) is 10.9. The zero-order chi connectivity index (χ0) is 10.6. The quantitative estimate of drug-likeness (QED) is 0.775. The molecule has 1 rings (SSSR count). The van der Waals surface area contributed by atoms with Gasteiger partial charge in [0.15, 0.2) is 0 Å². The van der Waals surface area contributed by atoms with Crippen molar-refractivity contribution in [1.82, 2.24) is 0 Å². The highest BCUT2D eigenvalue weighted by Gasteiger charge is 2.12. The molecule has 0 atom stereocenters. The first-order valence-electron chi connectivity index (χ1n) is 3.91. The summed E-state index contributed by atoms with van der Waals surface area (Å²) < 4.78 is 0. The van der Waals surface area contributed by atoms with Crippen LogP contribution in [0.25, 0.3) is 0 Å². The SMILES string of the molecule is N#CC(C#N)Cc1c(Cl)cccc1Cl. The van der Waals surface area contributed by atoms with Crippen molar-refractivity contribution in [1.29, 1.82) is 10.5 Å². The molecule has 0 aromatic heterocycles. The van der Waals surface area contributed by atoms with Crippen molar-refractivity contribution in [3.8, 4) is 12.1 Å². The van der Waals surface area contributed by atoms with Gasteiger partial charge >= 0.3 is 0 Å². The standard InChI is InChI=1S/C10H6Cl2N2/c11-9-2-1-3-10(12)8(9)4-7(5-13)6-14/h1-3,7H,4H2. The first-order valence-corrected chi connectivity index (χ1v) is 4.66. The summed E-state index contributed by atoms with van der Waals surface area (Å²) in [5.41, 5.74) is 0.656. The number of hydrogen-bond acceptors (Lipinski definition) is 2. The molecule has 0 N–H and O–H groups in total. The third-order valence-electron chi connectivity index (χ3n) is 1.78. The van der Waals surface area contributed by atoms with Crippen LogP contribution in [0.2, 0.25) is 10.0 Å². The molecule has 0 saturated carbocycles. The molecular formula is C10H6Cl2N2. The summed E-state index contributed by atoms with van der Waals surface area (Å²) in [5.74, 6) is -0.701. The average Bonchev–Trinajstić information content (AvgIpc) is 2.18. The van der Waals surface area contributed by atoms with Gasteiger partial charge in [0.1, 0.15) is 5.92 Å². The topological polar surface area (TPSA) is 47.6 Å². The smallest absolute Gasteiger partial charge is 0.137 e. The van der Waals surface area contributed by atoms with Crippen molar-refractivity contribution in [2.45, 2.75) is 6.42 Å². The van der Waals surface area contributed by atoms with Crippen molar-refractivity contribution < 1.29 is 0 Å². The van der Waals surface area contributed by atoms with Gasteiger partial charge in [-0.2, -0.15) is 10.5 Å². The lowest BCUT2D eigenvalue weighted by atomic mass is 10.0. The second-order valence-corrected chi connectivity index (χ2v) is 3.53. The van der Waals surface area contributed by atoms with E-state index in [0.29, 0.717) is 15.6 Å². The normalized spacial score (nSPS) is 9.50. The van der Waals surface area contributed by atoms with Gasteiger partial charge in [0.25, 0.3) is 0 Å². The number of benzene rings is 1. The second-order valence-electron chi connectivity index (χ2n) is 2.72. The lowest BCUT2D eigenvalue weighted by Gasteiger charge is -2.05. The summed E-state index contributed by atoms with van der Waals surface area (Å²) in [5, 5.41) is 18.2. The van der Waals surface area contributed by atoms with E-state index >= 15 is 0 Å². The summed E-state index contributed by atoms with van der Waals surface area (Å²) in [7, 11) is 0. The highest BCUT2D eigenvalue weighted by molar-refractivity contribution is 6.35. The van der Waals surface area contributed by atoms with E-state index in [1.54, 1.807) is 18.2 Å². The number of nitriles is 2. The van der Waals surface area contributed by atoms with Gasteiger partial charge in [-0.3, -0.25) is 0 Å². The predicted octanol–water partition coefficient (Wildman–Crippen LogP) is 3.20. The molecule has 0 unspecified atom stereocenters. The van der Waals surface area contributed by atoms with Crippen LogP contribution in [0.5, 0.6) is 0 Å². The average molecular weight is 225 g/mol. The minimum atomic E-state index is -0.701. The van der Waals surface area contributed by atoms with Gasteiger partial charge in [0, 0.05) is 16.5 Å². The Morgan fingerprint density at radius 1 is 1.14 bits per heavy atom. The Kier molecular flexibility index (Phi) is 3.77. The predicted molar refractivity (Wildman–Crippen MR) is 54.9 cm³/mol. The molecule has 0 aliphatic heterocycles. The third kappa shape index (κ3) is 2.39. The Morgan fingerprint density at radius 2 is 1.64 bits per heavy atom. The molecule has 0 heterocycles. The van der Waals surface area contributed by atoms with Crippen LogP contribution in [0.3, 0.4) is 0 Å². The Bertz CT molecular complexity index is 381. The van der Waals surface area contributed by atoms with Crippen LogP contribution in [0.4, 0.5) is 0 Å². The van der Waals surface area contributed by atoms with Gasteiger partial charge in [0.05, 0.1) is 12.1 Å². The molecule has 0 aliphatic carbocycles. The Hall–Kier alpha value is -1.22. The molecule has 0 saturated heterocycles. The van der Waals surface area contributed by atoms with Crippen molar-refractivity contribution in [3.05, 3.63) is 33.8 Å². The van der Waals surface area contributed by atoms with Gasteiger partial charge in [-0.05, 0) is 17.7 Å². The number of halogens is 2. The molecule has 1 aromatic carbocycles. The summed E-state index contributed by atoms with van der Waals surface area (Å²) in [6.07, 6.45) is 0.269.